The number of carbonyl (C=O) groups excluding carboxylic acids is 2. The molecule has 196 valence electrons. The van der Waals surface area contributed by atoms with Crippen molar-refractivity contribution in [3.05, 3.63) is 52.0 Å². The van der Waals surface area contributed by atoms with Crippen molar-refractivity contribution in [3.8, 4) is 11.5 Å². The number of ether oxygens (including phenoxy) is 2. The molecule has 1 aliphatic heterocycles. The molecule has 12 heteroatoms. The van der Waals surface area contributed by atoms with Gasteiger partial charge in [0.25, 0.3) is 0 Å². The molecule has 3 rings (SSSR count). The quantitative estimate of drug-likeness (QED) is 0.476. The second-order valence-electron chi connectivity index (χ2n) is 8.62. The van der Waals surface area contributed by atoms with Crippen LogP contribution in [0.4, 0.5) is 5.69 Å². The van der Waals surface area contributed by atoms with E-state index in [1.165, 1.54) is 17.0 Å². The molecule has 2 aromatic rings. The summed E-state index contributed by atoms with van der Waals surface area (Å²) >= 11 is 12.7. The highest BCUT2D eigenvalue weighted by atomic mass is 35.5. The smallest absolute Gasteiger partial charge is 0.244 e. The van der Waals surface area contributed by atoms with Crippen LogP contribution in [0.1, 0.15) is 32.8 Å². The van der Waals surface area contributed by atoms with E-state index >= 15 is 0 Å². The van der Waals surface area contributed by atoms with Crippen LogP contribution in [0.2, 0.25) is 10.0 Å². The second-order valence-corrected chi connectivity index (χ2v) is 11.3. The van der Waals surface area contributed by atoms with E-state index in [4.69, 9.17) is 32.7 Å². The third kappa shape index (κ3) is 6.54. The van der Waals surface area contributed by atoms with Gasteiger partial charge in [0.05, 0.1) is 11.9 Å². The van der Waals surface area contributed by atoms with Crippen LogP contribution >= 0.6 is 23.2 Å². The Bertz CT molecular complexity index is 1220. The Morgan fingerprint density at radius 3 is 2.31 bits per heavy atom. The maximum atomic E-state index is 13.7. The van der Waals surface area contributed by atoms with Crippen molar-refractivity contribution >= 4 is 50.7 Å². The predicted octanol–water partition coefficient (Wildman–Crippen LogP) is 3.82. The fourth-order valence-corrected chi connectivity index (χ4v) is 5.17. The molecule has 9 nitrogen and oxygen atoms in total. The van der Waals surface area contributed by atoms with Crippen LogP contribution in [-0.2, 0) is 26.2 Å². The van der Waals surface area contributed by atoms with Gasteiger partial charge in [-0.1, -0.05) is 36.2 Å². The Balaban J connectivity index is 1.99. The van der Waals surface area contributed by atoms with Gasteiger partial charge in [-0.2, -0.15) is 0 Å². The van der Waals surface area contributed by atoms with E-state index in [1.54, 1.807) is 31.2 Å². The SMILES string of the molecule is CCC(C(=O)NC(C)C)N(Cc1c(Cl)cccc1Cl)C(=O)CN(c1ccc2c(c1)OCO2)S(C)(=O)=O. The highest BCUT2D eigenvalue weighted by molar-refractivity contribution is 7.92. The first kappa shape index (κ1) is 27.9. The molecule has 1 aliphatic rings. The lowest BCUT2D eigenvalue weighted by Crippen LogP contribution is -2.53. The molecule has 2 amide bonds. The molecule has 0 fully saturated rings. The number of nitrogens with one attached hydrogen (secondary N) is 1. The maximum Gasteiger partial charge on any atom is 0.244 e. The Morgan fingerprint density at radius 2 is 1.72 bits per heavy atom. The Hall–Kier alpha value is -2.69. The number of hydrogen-bond donors (Lipinski definition) is 1. The number of nitrogens with zero attached hydrogens (tertiary/aromatic N) is 2. The number of carbonyl (C=O) groups is 2. The molecule has 0 aliphatic carbocycles. The Labute approximate surface area is 221 Å². The second kappa shape index (κ2) is 11.6. The van der Waals surface area contributed by atoms with E-state index in [9.17, 15) is 18.0 Å². The lowest BCUT2D eigenvalue weighted by molar-refractivity contribution is -0.140. The number of rotatable bonds is 10. The summed E-state index contributed by atoms with van der Waals surface area (Å²) in [6.07, 6.45) is 1.29. The van der Waals surface area contributed by atoms with Crippen LogP contribution in [0.15, 0.2) is 36.4 Å². The van der Waals surface area contributed by atoms with Gasteiger partial charge in [-0.15, -0.1) is 0 Å². The number of amides is 2. The molecule has 1 heterocycles. The summed E-state index contributed by atoms with van der Waals surface area (Å²) in [7, 11) is -3.89. The van der Waals surface area contributed by atoms with Crippen LogP contribution in [-0.4, -0.2) is 56.8 Å². The van der Waals surface area contributed by atoms with Gasteiger partial charge >= 0.3 is 0 Å². The van der Waals surface area contributed by atoms with Crippen molar-refractivity contribution in [2.24, 2.45) is 0 Å². The van der Waals surface area contributed by atoms with Gasteiger partial charge in [-0.05, 0) is 44.5 Å². The summed E-state index contributed by atoms with van der Waals surface area (Å²) in [6, 6.07) is 8.50. The number of fused-ring (bicyclic) bond motifs is 1. The Morgan fingerprint density at radius 1 is 1.08 bits per heavy atom. The molecular weight excluding hydrogens is 529 g/mol. The average Bonchev–Trinajstić information content (AvgIpc) is 3.25. The van der Waals surface area contributed by atoms with E-state index in [1.807, 2.05) is 13.8 Å². The predicted molar refractivity (Wildman–Crippen MR) is 139 cm³/mol. The summed E-state index contributed by atoms with van der Waals surface area (Å²) in [4.78, 5) is 28.1. The molecule has 1 atom stereocenters. The van der Waals surface area contributed by atoms with E-state index in [0.29, 0.717) is 27.1 Å². The van der Waals surface area contributed by atoms with Crippen LogP contribution in [0.5, 0.6) is 11.5 Å². The van der Waals surface area contributed by atoms with Crippen LogP contribution in [0.3, 0.4) is 0 Å². The third-order valence-electron chi connectivity index (χ3n) is 5.53. The molecule has 2 aromatic carbocycles. The normalized spacial score (nSPS) is 13.4. The van der Waals surface area contributed by atoms with Gasteiger partial charge in [0.2, 0.25) is 28.6 Å². The molecule has 0 bridgehead atoms. The van der Waals surface area contributed by atoms with Gasteiger partial charge in [0.15, 0.2) is 11.5 Å². The maximum absolute atomic E-state index is 13.7. The fraction of sp³-hybridized carbons (Fsp3) is 0.417. The van der Waals surface area contributed by atoms with E-state index in [2.05, 4.69) is 5.32 Å². The van der Waals surface area contributed by atoms with Crippen LogP contribution < -0.4 is 19.1 Å². The van der Waals surface area contributed by atoms with Crippen molar-refractivity contribution < 1.29 is 27.5 Å². The van der Waals surface area contributed by atoms with Gasteiger partial charge in [-0.25, -0.2) is 8.42 Å². The van der Waals surface area contributed by atoms with Crippen LogP contribution in [0, 0.1) is 0 Å². The summed E-state index contributed by atoms with van der Waals surface area (Å²) < 4.78 is 37.1. The molecule has 0 aromatic heterocycles. The highest BCUT2D eigenvalue weighted by Gasteiger charge is 2.33. The van der Waals surface area contributed by atoms with Gasteiger partial charge < -0.3 is 19.7 Å². The zero-order chi connectivity index (χ0) is 26.6. The molecular formula is C24H29Cl2N3O6S. The summed E-state index contributed by atoms with van der Waals surface area (Å²) in [6.45, 7) is 4.78. The van der Waals surface area contributed by atoms with Crippen molar-refractivity contribution in [1.82, 2.24) is 10.2 Å². The summed E-state index contributed by atoms with van der Waals surface area (Å²) in [5.74, 6) is -0.112. The molecule has 1 N–H and O–H groups in total. The van der Waals surface area contributed by atoms with E-state index in [0.717, 1.165) is 10.6 Å². The van der Waals surface area contributed by atoms with Crippen molar-refractivity contribution in [2.75, 3.05) is 23.9 Å². The van der Waals surface area contributed by atoms with E-state index in [-0.39, 0.29) is 37.4 Å². The number of anilines is 1. The minimum absolute atomic E-state index is 0.0199. The minimum Gasteiger partial charge on any atom is -0.454 e. The van der Waals surface area contributed by atoms with Crippen molar-refractivity contribution in [2.45, 2.75) is 45.8 Å². The summed E-state index contributed by atoms with van der Waals surface area (Å²) in [5, 5.41) is 3.48. The Kier molecular flexibility index (Phi) is 8.97. The number of sulfonamides is 1. The zero-order valence-corrected chi connectivity index (χ0v) is 22.8. The monoisotopic (exact) mass is 557 g/mol. The minimum atomic E-state index is -3.89. The first-order valence-corrected chi connectivity index (χ1v) is 13.9. The lowest BCUT2D eigenvalue weighted by Gasteiger charge is -2.33. The number of benzene rings is 2. The molecule has 1 unspecified atom stereocenters. The first-order chi connectivity index (χ1) is 16.9. The van der Waals surface area contributed by atoms with Gasteiger partial charge in [0, 0.05) is 34.3 Å². The third-order valence-corrected chi connectivity index (χ3v) is 7.38. The molecule has 0 spiro atoms. The standard InChI is InChI=1S/C24H29Cl2N3O6S/c1-5-20(24(31)27-15(2)3)28(12-17-18(25)7-6-8-19(17)26)23(30)13-29(36(4,32)33)16-9-10-21-22(11-16)35-14-34-21/h6-11,15,20H,5,12-14H2,1-4H3,(H,27,31). The largest absolute Gasteiger partial charge is 0.454 e. The fourth-order valence-electron chi connectivity index (χ4n) is 3.81. The highest BCUT2D eigenvalue weighted by Crippen LogP contribution is 2.36. The number of halogens is 2. The first-order valence-electron chi connectivity index (χ1n) is 11.3. The molecule has 36 heavy (non-hydrogen) atoms. The lowest BCUT2D eigenvalue weighted by atomic mass is 10.1. The molecule has 0 saturated heterocycles. The van der Waals surface area contributed by atoms with Crippen molar-refractivity contribution in [1.29, 1.82) is 0 Å². The van der Waals surface area contributed by atoms with Crippen molar-refractivity contribution in [3.63, 3.8) is 0 Å². The topological polar surface area (TPSA) is 105 Å². The molecule has 0 radical (unpaired) electrons. The van der Waals surface area contributed by atoms with Gasteiger partial charge in [-0.3, -0.25) is 13.9 Å². The van der Waals surface area contributed by atoms with Gasteiger partial charge in [0.1, 0.15) is 12.6 Å². The number of hydrogen-bond acceptors (Lipinski definition) is 6. The summed E-state index contributed by atoms with van der Waals surface area (Å²) in [5.41, 5.74) is 0.685. The van der Waals surface area contributed by atoms with E-state index < -0.39 is 28.5 Å². The zero-order valence-electron chi connectivity index (χ0n) is 20.5. The molecule has 0 saturated carbocycles. The van der Waals surface area contributed by atoms with Crippen LogP contribution in [0.25, 0.3) is 0 Å². The average molecular weight is 558 g/mol.